The van der Waals surface area contributed by atoms with Crippen LogP contribution in [0.5, 0.6) is 0 Å². The van der Waals surface area contributed by atoms with Gasteiger partial charge in [-0.05, 0) is 53.9 Å². The third kappa shape index (κ3) is 1.97. The van der Waals surface area contributed by atoms with E-state index in [9.17, 15) is 4.79 Å². The summed E-state index contributed by atoms with van der Waals surface area (Å²) in [6.45, 7) is 6.82. The van der Waals surface area contributed by atoms with E-state index in [1.54, 1.807) is 0 Å². The molecule has 0 saturated carbocycles. The topological polar surface area (TPSA) is 43.1 Å². The summed E-state index contributed by atoms with van der Waals surface area (Å²) in [6, 6.07) is 5.94. The molecule has 1 aromatic rings. The van der Waals surface area contributed by atoms with E-state index in [2.05, 4.69) is 26.8 Å². The molecule has 2 nitrogen and oxygen atoms in total. The van der Waals surface area contributed by atoms with Crippen LogP contribution >= 0.6 is 0 Å². The van der Waals surface area contributed by atoms with Gasteiger partial charge in [-0.25, -0.2) is 0 Å². The van der Waals surface area contributed by atoms with Gasteiger partial charge in [0, 0.05) is 5.56 Å². The van der Waals surface area contributed by atoms with Gasteiger partial charge in [-0.2, -0.15) is 0 Å². The van der Waals surface area contributed by atoms with Crippen molar-refractivity contribution in [1.29, 1.82) is 0 Å². The van der Waals surface area contributed by atoms with E-state index in [1.165, 1.54) is 24.0 Å². The maximum atomic E-state index is 11.3. The summed E-state index contributed by atoms with van der Waals surface area (Å²) in [4.78, 5) is 11.3. The van der Waals surface area contributed by atoms with E-state index < -0.39 is 0 Å². The van der Waals surface area contributed by atoms with Crippen LogP contribution in [0, 0.1) is 5.92 Å². The second-order valence-corrected chi connectivity index (χ2v) is 5.66. The first-order chi connectivity index (χ1) is 7.95. The molecule has 1 atom stereocenters. The largest absolute Gasteiger partial charge is 0.366 e. The number of carbonyl (C=O) groups is 1. The Morgan fingerprint density at radius 3 is 2.71 bits per heavy atom. The number of hydrogen-bond acceptors (Lipinski definition) is 1. The van der Waals surface area contributed by atoms with Crippen LogP contribution in [-0.4, -0.2) is 5.91 Å². The highest BCUT2D eigenvalue weighted by molar-refractivity contribution is 5.93. The zero-order valence-electron chi connectivity index (χ0n) is 10.9. The van der Waals surface area contributed by atoms with Crippen LogP contribution in [0.4, 0.5) is 0 Å². The van der Waals surface area contributed by atoms with Crippen LogP contribution in [0.1, 0.15) is 55.1 Å². The molecule has 0 radical (unpaired) electrons. The highest BCUT2D eigenvalue weighted by Crippen LogP contribution is 2.42. The molecular weight excluding hydrogens is 210 g/mol. The molecule has 0 heterocycles. The lowest BCUT2D eigenvalue weighted by Gasteiger charge is -2.39. The van der Waals surface area contributed by atoms with Crippen molar-refractivity contribution in [3.8, 4) is 0 Å². The third-order valence-electron chi connectivity index (χ3n) is 4.43. The van der Waals surface area contributed by atoms with Crippen molar-refractivity contribution >= 4 is 5.91 Å². The van der Waals surface area contributed by atoms with E-state index in [-0.39, 0.29) is 11.3 Å². The maximum absolute atomic E-state index is 11.3. The SMILES string of the molecule is CC(C)C1(C)CCCc2ccc(C(N)=O)cc21. The maximum Gasteiger partial charge on any atom is 0.248 e. The number of primary amides is 1. The Hall–Kier alpha value is -1.31. The van der Waals surface area contributed by atoms with Crippen LogP contribution in [0.25, 0.3) is 0 Å². The number of carbonyl (C=O) groups excluding carboxylic acids is 1. The van der Waals surface area contributed by atoms with E-state index in [4.69, 9.17) is 5.73 Å². The summed E-state index contributed by atoms with van der Waals surface area (Å²) in [6.07, 6.45) is 3.55. The Morgan fingerprint density at radius 2 is 2.12 bits per heavy atom. The van der Waals surface area contributed by atoms with Crippen molar-refractivity contribution in [2.45, 2.75) is 45.4 Å². The lowest BCUT2D eigenvalue weighted by Crippen LogP contribution is -2.33. The molecule has 2 rings (SSSR count). The van der Waals surface area contributed by atoms with Crippen molar-refractivity contribution in [2.24, 2.45) is 11.7 Å². The van der Waals surface area contributed by atoms with Crippen LogP contribution in [0.15, 0.2) is 18.2 Å². The Morgan fingerprint density at radius 1 is 1.41 bits per heavy atom. The summed E-state index contributed by atoms with van der Waals surface area (Å²) in [5, 5.41) is 0. The zero-order chi connectivity index (χ0) is 12.6. The Balaban J connectivity index is 2.55. The summed E-state index contributed by atoms with van der Waals surface area (Å²) >= 11 is 0. The van der Waals surface area contributed by atoms with Gasteiger partial charge in [0.15, 0.2) is 0 Å². The molecule has 1 amide bonds. The van der Waals surface area contributed by atoms with Crippen molar-refractivity contribution < 1.29 is 4.79 Å². The van der Waals surface area contributed by atoms with E-state index in [1.807, 2.05) is 12.1 Å². The highest BCUT2D eigenvalue weighted by atomic mass is 16.1. The molecule has 1 aliphatic carbocycles. The van der Waals surface area contributed by atoms with E-state index >= 15 is 0 Å². The Labute approximate surface area is 103 Å². The van der Waals surface area contributed by atoms with Gasteiger partial charge in [0.25, 0.3) is 0 Å². The molecule has 1 aromatic carbocycles. The number of nitrogens with two attached hydrogens (primary N) is 1. The van der Waals surface area contributed by atoms with Gasteiger partial charge in [-0.3, -0.25) is 4.79 Å². The van der Waals surface area contributed by atoms with E-state index in [0.29, 0.717) is 11.5 Å². The molecule has 0 aromatic heterocycles. The number of aryl methyl sites for hydroxylation is 1. The molecule has 2 N–H and O–H groups in total. The molecule has 0 saturated heterocycles. The summed E-state index contributed by atoms with van der Waals surface area (Å²) in [7, 11) is 0. The average molecular weight is 231 g/mol. The summed E-state index contributed by atoms with van der Waals surface area (Å²) in [5.74, 6) is 0.245. The minimum atomic E-state index is -0.329. The molecule has 1 unspecified atom stereocenters. The van der Waals surface area contributed by atoms with Crippen LogP contribution in [-0.2, 0) is 11.8 Å². The second-order valence-electron chi connectivity index (χ2n) is 5.66. The minimum absolute atomic E-state index is 0.180. The van der Waals surface area contributed by atoms with Gasteiger partial charge in [-0.15, -0.1) is 0 Å². The van der Waals surface area contributed by atoms with Gasteiger partial charge in [0.1, 0.15) is 0 Å². The molecule has 92 valence electrons. The number of fused-ring (bicyclic) bond motifs is 1. The number of rotatable bonds is 2. The predicted octanol–water partition coefficient (Wildman–Crippen LogP) is 3.04. The quantitative estimate of drug-likeness (QED) is 0.835. The first-order valence-corrected chi connectivity index (χ1v) is 6.38. The molecule has 0 aliphatic heterocycles. The molecule has 0 bridgehead atoms. The van der Waals surface area contributed by atoms with Crippen LogP contribution < -0.4 is 5.73 Å². The monoisotopic (exact) mass is 231 g/mol. The van der Waals surface area contributed by atoms with Crippen LogP contribution in [0.2, 0.25) is 0 Å². The lowest BCUT2D eigenvalue weighted by atomic mass is 9.65. The fourth-order valence-corrected chi connectivity index (χ4v) is 2.86. The smallest absolute Gasteiger partial charge is 0.248 e. The Kier molecular flexibility index (Phi) is 2.98. The normalized spacial score (nSPS) is 23.5. The average Bonchev–Trinajstić information content (AvgIpc) is 2.28. The predicted molar refractivity (Wildman–Crippen MR) is 70.1 cm³/mol. The molecule has 17 heavy (non-hydrogen) atoms. The molecule has 0 fully saturated rings. The van der Waals surface area contributed by atoms with Gasteiger partial charge < -0.3 is 5.73 Å². The third-order valence-corrected chi connectivity index (χ3v) is 4.43. The fourth-order valence-electron chi connectivity index (χ4n) is 2.86. The number of amides is 1. The van der Waals surface area contributed by atoms with Gasteiger partial charge in [0.2, 0.25) is 5.91 Å². The highest BCUT2D eigenvalue weighted by Gasteiger charge is 2.35. The van der Waals surface area contributed by atoms with Crippen molar-refractivity contribution in [1.82, 2.24) is 0 Å². The fraction of sp³-hybridized carbons (Fsp3) is 0.533. The van der Waals surface area contributed by atoms with Crippen molar-refractivity contribution in [3.63, 3.8) is 0 Å². The molecule has 1 aliphatic rings. The zero-order valence-corrected chi connectivity index (χ0v) is 10.9. The molecular formula is C15H21NO. The first kappa shape index (κ1) is 12.2. The van der Waals surface area contributed by atoms with Crippen molar-refractivity contribution in [2.75, 3.05) is 0 Å². The lowest BCUT2D eigenvalue weighted by molar-refractivity contribution is 0.1000. The van der Waals surface area contributed by atoms with Gasteiger partial charge in [0.05, 0.1) is 0 Å². The summed E-state index contributed by atoms with van der Waals surface area (Å²) < 4.78 is 0. The Bertz CT molecular complexity index is 450. The van der Waals surface area contributed by atoms with Gasteiger partial charge >= 0.3 is 0 Å². The summed E-state index contributed by atoms with van der Waals surface area (Å²) in [5.41, 5.74) is 8.90. The van der Waals surface area contributed by atoms with Crippen molar-refractivity contribution in [3.05, 3.63) is 34.9 Å². The second kappa shape index (κ2) is 4.17. The molecule has 2 heteroatoms. The number of hydrogen-bond donors (Lipinski definition) is 1. The molecule has 0 spiro atoms. The van der Waals surface area contributed by atoms with E-state index in [0.717, 1.165) is 6.42 Å². The minimum Gasteiger partial charge on any atom is -0.366 e. The van der Waals surface area contributed by atoms with Crippen LogP contribution in [0.3, 0.4) is 0 Å². The first-order valence-electron chi connectivity index (χ1n) is 6.38. The van der Waals surface area contributed by atoms with Gasteiger partial charge in [-0.1, -0.05) is 26.8 Å². The standard InChI is InChI=1S/C15H21NO/c1-10(2)15(3)8-4-5-11-6-7-12(14(16)17)9-13(11)15/h6-7,9-10H,4-5,8H2,1-3H3,(H2,16,17). The number of benzene rings is 1.